The van der Waals surface area contributed by atoms with Gasteiger partial charge in [0.2, 0.25) is 5.88 Å². The predicted octanol–water partition coefficient (Wildman–Crippen LogP) is 3.40. The Morgan fingerprint density at radius 2 is 1.95 bits per heavy atom. The summed E-state index contributed by atoms with van der Waals surface area (Å²) >= 11 is 0. The molecule has 0 aliphatic heterocycles. The van der Waals surface area contributed by atoms with Crippen molar-refractivity contribution in [2.24, 2.45) is 5.73 Å². The molecule has 2 rings (SSSR count). The molecule has 0 spiro atoms. The van der Waals surface area contributed by atoms with Crippen molar-refractivity contribution in [3.63, 3.8) is 0 Å². The van der Waals surface area contributed by atoms with Crippen LogP contribution in [0.1, 0.15) is 22.4 Å². The first kappa shape index (κ1) is 13.5. The van der Waals surface area contributed by atoms with E-state index < -0.39 is 5.82 Å². The summed E-state index contributed by atoms with van der Waals surface area (Å²) < 4.78 is 19.3. The minimum absolute atomic E-state index is 0.173. The largest absolute Gasteiger partial charge is 0.436 e. The van der Waals surface area contributed by atoms with E-state index in [1.165, 1.54) is 6.07 Å². The van der Waals surface area contributed by atoms with Crippen LogP contribution in [-0.2, 0) is 6.54 Å². The van der Waals surface area contributed by atoms with Crippen LogP contribution >= 0.6 is 0 Å². The van der Waals surface area contributed by atoms with Crippen molar-refractivity contribution in [3.8, 4) is 11.6 Å². The van der Waals surface area contributed by atoms with Gasteiger partial charge in [0.05, 0.1) is 0 Å². The van der Waals surface area contributed by atoms with E-state index >= 15 is 0 Å². The highest BCUT2D eigenvalue weighted by Crippen LogP contribution is 2.28. The van der Waals surface area contributed by atoms with Crippen LogP contribution < -0.4 is 10.5 Å². The molecule has 19 heavy (non-hydrogen) atoms. The van der Waals surface area contributed by atoms with Gasteiger partial charge in [-0.25, -0.2) is 9.37 Å². The van der Waals surface area contributed by atoms with E-state index in [0.29, 0.717) is 12.4 Å². The summed E-state index contributed by atoms with van der Waals surface area (Å²) in [7, 11) is 0. The van der Waals surface area contributed by atoms with Gasteiger partial charge in [-0.2, -0.15) is 0 Å². The zero-order valence-corrected chi connectivity index (χ0v) is 11.3. The van der Waals surface area contributed by atoms with E-state index in [0.717, 1.165) is 22.4 Å². The number of aromatic nitrogens is 1. The maximum Gasteiger partial charge on any atom is 0.224 e. The fraction of sp³-hybridized carbons (Fsp3) is 0.267. The quantitative estimate of drug-likeness (QED) is 0.920. The third-order valence-corrected chi connectivity index (χ3v) is 2.93. The van der Waals surface area contributed by atoms with Crippen LogP contribution in [0.25, 0.3) is 0 Å². The summed E-state index contributed by atoms with van der Waals surface area (Å²) in [5.41, 5.74) is 9.25. The minimum atomic E-state index is -0.408. The van der Waals surface area contributed by atoms with Crippen LogP contribution in [0.5, 0.6) is 11.6 Å². The zero-order valence-electron chi connectivity index (χ0n) is 11.3. The first-order chi connectivity index (χ1) is 9.01. The summed E-state index contributed by atoms with van der Waals surface area (Å²) in [6.07, 6.45) is 0. The van der Waals surface area contributed by atoms with Crippen molar-refractivity contribution in [3.05, 3.63) is 52.5 Å². The summed E-state index contributed by atoms with van der Waals surface area (Å²) in [6.45, 7) is 6.00. The standard InChI is InChI=1S/C15H17FN2O/c1-9-4-5-13(16)14(6-9)19-15-12(8-17)10(2)7-11(3)18-15/h4-7H,8,17H2,1-3H3. The number of hydrogen-bond acceptors (Lipinski definition) is 3. The summed E-state index contributed by atoms with van der Waals surface area (Å²) in [6, 6.07) is 6.66. The minimum Gasteiger partial charge on any atom is -0.436 e. The van der Waals surface area contributed by atoms with Gasteiger partial charge in [0, 0.05) is 17.8 Å². The van der Waals surface area contributed by atoms with E-state index in [4.69, 9.17) is 10.5 Å². The van der Waals surface area contributed by atoms with E-state index in [2.05, 4.69) is 4.98 Å². The highest BCUT2D eigenvalue weighted by atomic mass is 19.1. The van der Waals surface area contributed by atoms with E-state index in [9.17, 15) is 4.39 Å². The van der Waals surface area contributed by atoms with E-state index in [1.54, 1.807) is 12.1 Å². The van der Waals surface area contributed by atoms with Crippen LogP contribution in [-0.4, -0.2) is 4.98 Å². The monoisotopic (exact) mass is 260 g/mol. The molecule has 1 aromatic carbocycles. The van der Waals surface area contributed by atoms with Gasteiger partial charge >= 0.3 is 0 Å². The maximum absolute atomic E-state index is 13.7. The number of halogens is 1. The number of hydrogen-bond donors (Lipinski definition) is 1. The number of ether oxygens (including phenoxy) is 1. The van der Waals surface area contributed by atoms with Gasteiger partial charge in [-0.3, -0.25) is 0 Å². The molecule has 0 aliphatic rings. The average Bonchev–Trinajstić information content (AvgIpc) is 2.33. The van der Waals surface area contributed by atoms with Crippen molar-refractivity contribution < 1.29 is 9.13 Å². The smallest absolute Gasteiger partial charge is 0.224 e. The fourth-order valence-electron chi connectivity index (χ4n) is 1.95. The Bertz CT molecular complexity index is 611. The van der Waals surface area contributed by atoms with Crippen LogP contribution in [0.3, 0.4) is 0 Å². The Balaban J connectivity index is 2.45. The maximum atomic E-state index is 13.7. The number of nitrogens with two attached hydrogens (primary N) is 1. The Labute approximate surface area is 112 Å². The molecule has 0 bridgehead atoms. The van der Waals surface area contributed by atoms with E-state index in [1.807, 2.05) is 26.8 Å². The second-order valence-corrected chi connectivity index (χ2v) is 4.60. The third kappa shape index (κ3) is 2.90. The van der Waals surface area contributed by atoms with Gasteiger partial charge in [-0.15, -0.1) is 0 Å². The van der Waals surface area contributed by atoms with Gasteiger partial charge in [0.15, 0.2) is 11.6 Å². The molecule has 0 atom stereocenters. The van der Waals surface area contributed by atoms with Crippen molar-refractivity contribution in [2.75, 3.05) is 0 Å². The Hall–Kier alpha value is -1.94. The highest BCUT2D eigenvalue weighted by molar-refractivity contribution is 5.40. The molecule has 4 heteroatoms. The lowest BCUT2D eigenvalue weighted by Crippen LogP contribution is -2.05. The third-order valence-electron chi connectivity index (χ3n) is 2.93. The second-order valence-electron chi connectivity index (χ2n) is 4.60. The second kappa shape index (κ2) is 5.36. The van der Waals surface area contributed by atoms with Crippen LogP contribution in [0.4, 0.5) is 4.39 Å². The molecule has 2 N–H and O–H groups in total. The molecule has 1 aromatic heterocycles. The molecule has 0 radical (unpaired) electrons. The van der Waals surface area contributed by atoms with Crippen molar-refractivity contribution >= 4 is 0 Å². The topological polar surface area (TPSA) is 48.1 Å². The molecule has 0 saturated heterocycles. The summed E-state index contributed by atoms with van der Waals surface area (Å²) in [5, 5.41) is 0. The average molecular weight is 260 g/mol. The van der Waals surface area contributed by atoms with E-state index in [-0.39, 0.29) is 5.75 Å². The lowest BCUT2D eigenvalue weighted by Gasteiger charge is -2.13. The van der Waals surface area contributed by atoms with Gasteiger partial charge in [0.1, 0.15) is 0 Å². The van der Waals surface area contributed by atoms with Crippen molar-refractivity contribution in [1.82, 2.24) is 4.98 Å². The molecule has 100 valence electrons. The normalized spacial score (nSPS) is 10.6. The van der Waals surface area contributed by atoms with Gasteiger partial charge in [-0.1, -0.05) is 6.07 Å². The molecule has 3 nitrogen and oxygen atoms in total. The molecular weight excluding hydrogens is 243 g/mol. The Kier molecular flexibility index (Phi) is 3.81. The number of aryl methyl sites for hydroxylation is 3. The SMILES string of the molecule is Cc1ccc(F)c(Oc2nc(C)cc(C)c2CN)c1. The van der Waals surface area contributed by atoms with Crippen LogP contribution in [0.15, 0.2) is 24.3 Å². The predicted molar refractivity (Wildman–Crippen MR) is 72.8 cm³/mol. The summed E-state index contributed by atoms with van der Waals surface area (Å²) in [5.74, 6) is 0.145. The number of pyridine rings is 1. The zero-order chi connectivity index (χ0) is 14.0. The summed E-state index contributed by atoms with van der Waals surface area (Å²) in [4.78, 5) is 4.30. The molecule has 0 unspecified atom stereocenters. The molecule has 2 aromatic rings. The Morgan fingerprint density at radius 3 is 2.63 bits per heavy atom. The molecule has 1 heterocycles. The van der Waals surface area contributed by atoms with Gasteiger partial charge < -0.3 is 10.5 Å². The lowest BCUT2D eigenvalue weighted by atomic mass is 10.1. The number of nitrogens with zero attached hydrogens (tertiary/aromatic N) is 1. The molecule has 0 saturated carbocycles. The molecule has 0 fully saturated rings. The molecular formula is C15H17FN2O. The molecule has 0 aliphatic carbocycles. The Morgan fingerprint density at radius 1 is 1.21 bits per heavy atom. The van der Waals surface area contributed by atoms with Gasteiger partial charge in [-0.05, 0) is 50.1 Å². The highest BCUT2D eigenvalue weighted by Gasteiger charge is 2.12. The van der Waals surface area contributed by atoms with Gasteiger partial charge in [0.25, 0.3) is 0 Å². The molecule has 0 amide bonds. The first-order valence-electron chi connectivity index (χ1n) is 6.12. The van der Waals surface area contributed by atoms with Crippen LogP contribution in [0.2, 0.25) is 0 Å². The number of benzene rings is 1. The fourth-order valence-corrected chi connectivity index (χ4v) is 1.95. The number of rotatable bonds is 3. The first-order valence-corrected chi connectivity index (χ1v) is 6.12. The van der Waals surface area contributed by atoms with Crippen LogP contribution in [0, 0.1) is 26.6 Å². The lowest BCUT2D eigenvalue weighted by molar-refractivity contribution is 0.421. The van der Waals surface area contributed by atoms with Crippen molar-refractivity contribution in [2.45, 2.75) is 27.3 Å². The van der Waals surface area contributed by atoms with Crippen molar-refractivity contribution in [1.29, 1.82) is 0 Å².